The van der Waals surface area contributed by atoms with E-state index in [1.54, 1.807) is 4.68 Å². The molecule has 0 N–H and O–H groups in total. The first-order valence-corrected chi connectivity index (χ1v) is 6.46. The second kappa shape index (κ2) is 6.33. The average molecular weight is 260 g/mol. The van der Waals surface area contributed by atoms with Crippen LogP contribution in [0, 0.1) is 0 Å². The molecule has 6 heteroatoms. The first-order chi connectivity index (χ1) is 8.25. The van der Waals surface area contributed by atoms with E-state index in [0.29, 0.717) is 13.2 Å². The fourth-order valence-electron chi connectivity index (χ4n) is 1.73. The summed E-state index contributed by atoms with van der Waals surface area (Å²) in [5, 5.41) is 7.85. The van der Waals surface area contributed by atoms with Crippen LogP contribution in [-0.2, 0) is 16.0 Å². The van der Waals surface area contributed by atoms with E-state index in [9.17, 15) is 0 Å². The summed E-state index contributed by atoms with van der Waals surface area (Å²) in [5.41, 5.74) is 0.792. The molecule has 0 spiro atoms. The van der Waals surface area contributed by atoms with Gasteiger partial charge in [-0.3, -0.25) is 0 Å². The number of alkyl halides is 1. The van der Waals surface area contributed by atoms with E-state index in [0.717, 1.165) is 25.1 Å². The number of aromatic nitrogens is 3. The highest BCUT2D eigenvalue weighted by Gasteiger charge is 2.14. The lowest BCUT2D eigenvalue weighted by atomic mass is 10.2. The van der Waals surface area contributed by atoms with Gasteiger partial charge in [0.25, 0.3) is 0 Å². The predicted octanol–water partition coefficient (Wildman–Crippen LogP) is 2.12. The van der Waals surface area contributed by atoms with Gasteiger partial charge in [-0.25, -0.2) is 4.68 Å². The molecule has 1 aliphatic heterocycles. The molecule has 1 saturated heterocycles. The average Bonchev–Trinajstić information content (AvgIpc) is 2.79. The van der Waals surface area contributed by atoms with Crippen LogP contribution in [0.1, 0.15) is 37.3 Å². The maximum Gasteiger partial charge on any atom is 0.157 e. The molecule has 2 unspecified atom stereocenters. The van der Waals surface area contributed by atoms with Gasteiger partial charge in [-0.1, -0.05) is 5.21 Å². The van der Waals surface area contributed by atoms with Gasteiger partial charge in [-0.05, 0) is 26.2 Å². The highest BCUT2D eigenvalue weighted by atomic mass is 35.5. The Hall–Kier alpha value is -0.650. The Morgan fingerprint density at radius 1 is 1.65 bits per heavy atom. The Morgan fingerprint density at radius 3 is 3.18 bits per heavy atom. The highest BCUT2D eigenvalue weighted by molar-refractivity contribution is 6.20. The maximum absolute atomic E-state index is 5.91. The summed E-state index contributed by atoms with van der Waals surface area (Å²) in [5.74, 6) is 0. The van der Waals surface area contributed by atoms with E-state index in [1.165, 1.54) is 6.42 Å². The molecule has 1 fully saturated rings. The maximum atomic E-state index is 5.91. The number of nitrogens with zero attached hydrogens (tertiary/aromatic N) is 3. The molecule has 0 aliphatic carbocycles. The lowest BCUT2D eigenvalue weighted by molar-refractivity contribution is -0.163. The van der Waals surface area contributed by atoms with Crippen molar-refractivity contribution < 1.29 is 9.47 Å². The molecule has 1 aliphatic rings. The molecule has 0 bridgehead atoms. The minimum Gasteiger partial charge on any atom is -0.353 e. The lowest BCUT2D eigenvalue weighted by Crippen LogP contribution is -2.24. The zero-order valence-corrected chi connectivity index (χ0v) is 10.8. The van der Waals surface area contributed by atoms with Crippen molar-refractivity contribution in [3.63, 3.8) is 0 Å². The quantitative estimate of drug-likeness (QED) is 0.760. The Balaban J connectivity index is 1.70. The van der Waals surface area contributed by atoms with Gasteiger partial charge in [0.1, 0.15) is 5.69 Å². The van der Waals surface area contributed by atoms with E-state index in [2.05, 4.69) is 10.3 Å². The first-order valence-electron chi connectivity index (χ1n) is 6.03. The van der Waals surface area contributed by atoms with E-state index in [-0.39, 0.29) is 11.7 Å². The Labute approximate surface area is 106 Å². The first kappa shape index (κ1) is 12.8. The van der Waals surface area contributed by atoms with Crippen molar-refractivity contribution in [1.29, 1.82) is 0 Å². The summed E-state index contributed by atoms with van der Waals surface area (Å²) in [6.07, 6.45) is 5.12. The number of hydrogen-bond donors (Lipinski definition) is 0. The fourth-order valence-corrected chi connectivity index (χ4v) is 1.83. The molecule has 1 aromatic rings. The van der Waals surface area contributed by atoms with Gasteiger partial charge in [0, 0.05) is 6.61 Å². The minimum absolute atomic E-state index is 0.0429. The van der Waals surface area contributed by atoms with Crippen LogP contribution in [0.3, 0.4) is 0 Å². The molecule has 2 heterocycles. The second-order valence-corrected chi connectivity index (χ2v) is 4.84. The Kier molecular flexibility index (Phi) is 4.76. The molecule has 2 rings (SSSR count). The molecule has 0 saturated carbocycles. The van der Waals surface area contributed by atoms with Crippen molar-refractivity contribution in [2.75, 3.05) is 13.2 Å². The molecule has 2 atom stereocenters. The second-order valence-electron chi connectivity index (χ2n) is 4.19. The van der Waals surface area contributed by atoms with Crippen LogP contribution in [0.15, 0.2) is 6.20 Å². The van der Waals surface area contributed by atoms with Crippen LogP contribution in [0.5, 0.6) is 0 Å². The molecular weight excluding hydrogens is 242 g/mol. The number of rotatable bonds is 5. The summed E-state index contributed by atoms with van der Waals surface area (Å²) in [6, 6.07) is 0. The zero-order valence-electron chi connectivity index (χ0n) is 10.0. The van der Waals surface area contributed by atoms with Gasteiger partial charge >= 0.3 is 0 Å². The van der Waals surface area contributed by atoms with Crippen LogP contribution in [0.2, 0.25) is 0 Å². The summed E-state index contributed by atoms with van der Waals surface area (Å²) < 4.78 is 12.8. The summed E-state index contributed by atoms with van der Waals surface area (Å²) in [7, 11) is 0. The van der Waals surface area contributed by atoms with Gasteiger partial charge < -0.3 is 9.47 Å². The van der Waals surface area contributed by atoms with Crippen LogP contribution in [0.25, 0.3) is 0 Å². The number of ether oxygens (including phenoxy) is 2. The molecule has 96 valence electrons. The van der Waals surface area contributed by atoms with Crippen molar-refractivity contribution in [2.45, 2.75) is 44.4 Å². The molecular formula is C11H18ClN3O2. The summed E-state index contributed by atoms with van der Waals surface area (Å²) >= 11 is 5.91. The van der Waals surface area contributed by atoms with Crippen molar-refractivity contribution >= 4 is 11.6 Å². The van der Waals surface area contributed by atoms with E-state index < -0.39 is 0 Å². The Morgan fingerprint density at radius 2 is 2.53 bits per heavy atom. The lowest BCUT2D eigenvalue weighted by Gasteiger charge is -2.22. The third kappa shape index (κ3) is 3.94. The van der Waals surface area contributed by atoms with Crippen LogP contribution in [-0.4, -0.2) is 34.5 Å². The van der Waals surface area contributed by atoms with Crippen molar-refractivity contribution in [2.24, 2.45) is 0 Å². The topological polar surface area (TPSA) is 49.2 Å². The van der Waals surface area contributed by atoms with E-state index >= 15 is 0 Å². The third-order valence-electron chi connectivity index (χ3n) is 2.73. The van der Waals surface area contributed by atoms with Crippen LogP contribution >= 0.6 is 11.6 Å². The zero-order chi connectivity index (χ0) is 12.1. The molecule has 0 radical (unpaired) electrons. The summed E-state index contributed by atoms with van der Waals surface area (Å²) in [6.45, 7) is 3.95. The van der Waals surface area contributed by atoms with Gasteiger partial charge in [0.2, 0.25) is 0 Å². The smallest absolute Gasteiger partial charge is 0.157 e. The van der Waals surface area contributed by atoms with Crippen molar-refractivity contribution in [3.05, 3.63) is 11.9 Å². The van der Waals surface area contributed by atoms with Gasteiger partial charge in [0.05, 0.1) is 24.7 Å². The molecule has 5 nitrogen and oxygen atoms in total. The predicted molar refractivity (Wildman–Crippen MR) is 63.8 cm³/mol. The largest absolute Gasteiger partial charge is 0.353 e. The standard InChI is InChI=1S/C11H18ClN3O2/c1-9(12)10-8-15(14-13-10)5-7-17-11-4-2-3-6-16-11/h8-9,11H,2-7H2,1H3. The SMILES string of the molecule is CC(Cl)c1cn(CCOC2CCCCO2)nn1. The van der Waals surface area contributed by atoms with Gasteiger partial charge in [-0.15, -0.1) is 16.7 Å². The molecule has 17 heavy (non-hydrogen) atoms. The Bertz CT molecular complexity index is 337. The number of hydrogen-bond acceptors (Lipinski definition) is 4. The van der Waals surface area contributed by atoms with E-state index in [4.69, 9.17) is 21.1 Å². The minimum atomic E-state index is -0.105. The summed E-state index contributed by atoms with van der Waals surface area (Å²) in [4.78, 5) is 0. The molecule has 0 amide bonds. The van der Waals surface area contributed by atoms with Crippen molar-refractivity contribution in [3.8, 4) is 0 Å². The van der Waals surface area contributed by atoms with Crippen LogP contribution in [0.4, 0.5) is 0 Å². The fraction of sp³-hybridized carbons (Fsp3) is 0.818. The molecule has 0 aromatic carbocycles. The normalized spacial score (nSPS) is 22.6. The highest BCUT2D eigenvalue weighted by Crippen LogP contribution is 2.16. The van der Waals surface area contributed by atoms with Crippen molar-refractivity contribution in [1.82, 2.24) is 15.0 Å². The van der Waals surface area contributed by atoms with E-state index in [1.807, 2.05) is 13.1 Å². The van der Waals surface area contributed by atoms with Gasteiger partial charge in [-0.2, -0.15) is 0 Å². The molecule has 1 aromatic heterocycles. The van der Waals surface area contributed by atoms with Crippen LogP contribution < -0.4 is 0 Å². The van der Waals surface area contributed by atoms with Gasteiger partial charge in [0.15, 0.2) is 6.29 Å². The number of halogens is 1. The third-order valence-corrected chi connectivity index (χ3v) is 2.95. The monoisotopic (exact) mass is 259 g/mol.